The molecule has 1 aromatic rings. The van der Waals surface area contributed by atoms with E-state index in [1.807, 2.05) is 11.8 Å². The highest BCUT2D eigenvalue weighted by molar-refractivity contribution is 7.97. The summed E-state index contributed by atoms with van der Waals surface area (Å²) in [6, 6.07) is 0. The molecule has 3 heteroatoms. The second-order valence-corrected chi connectivity index (χ2v) is 4.13. The monoisotopic (exact) mass is 199 g/mol. The topological polar surface area (TPSA) is 8.81 Å². The molecule has 0 unspecified atom stereocenters. The van der Waals surface area contributed by atoms with E-state index in [1.54, 1.807) is 0 Å². The molecule has 0 atom stereocenters. The van der Waals surface area contributed by atoms with Crippen molar-refractivity contribution in [3.63, 3.8) is 0 Å². The minimum atomic E-state index is 1.06. The van der Waals surface area contributed by atoms with Gasteiger partial charge in [0.15, 0.2) is 0 Å². The van der Waals surface area contributed by atoms with E-state index in [1.165, 1.54) is 19.3 Å². The minimum absolute atomic E-state index is 1.06. The number of nitrogens with zero attached hydrogens (tertiary/aromatic N) is 2. The highest BCUT2D eigenvalue weighted by Crippen LogP contribution is 1.98. The summed E-state index contributed by atoms with van der Waals surface area (Å²) in [7, 11) is 0. The lowest BCUT2D eigenvalue weighted by molar-refractivity contribution is -0.675. The summed E-state index contributed by atoms with van der Waals surface area (Å²) < 4.78 is 4.49. The van der Waals surface area contributed by atoms with Gasteiger partial charge in [0.05, 0.1) is 6.54 Å². The van der Waals surface area contributed by atoms with Crippen molar-refractivity contribution in [2.45, 2.75) is 38.6 Å². The number of aryl methyl sites for hydroxylation is 1. The van der Waals surface area contributed by atoms with Crippen LogP contribution in [-0.2, 0) is 12.4 Å². The molecule has 1 rings (SSSR count). The van der Waals surface area contributed by atoms with E-state index in [9.17, 15) is 0 Å². The fourth-order valence-corrected chi connectivity index (χ4v) is 1.79. The summed E-state index contributed by atoms with van der Waals surface area (Å²) in [5, 5.41) is 0. The molecule has 2 nitrogen and oxygen atoms in total. The van der Waals surface area contributed by atoms with Crippen LogP contribution in [0.4, 0.5) is 0 Å². The van der Waals surface area contributed by atoms with Gasteiger partial charge in [-0.05, 0) is 19.1 Å². The molecule has 0 aromatic carbocycles. The van der Waals surface area contributed by atoms with Crippen LogP contribution in [0.2, 0.25) is 0 Å². The molecule has 0 aliphatic rings. The van der Waals surface area contributed by atoms with Crippen molar-refractivity contribution < 1.29 is 4.57 Å². The lowest BCUT2D eigenvalue weighted by atomic mass is 10.2. The van der Waals surface area contributed by atoms with Crippen LogP contribution in [0.3, 0.4) is 0 Å². The Morgan fingerprint density at radius 2 is 2.23 bits per heavy atom. The number of imidazole rings is 1. The number of unbranched alkanes of at least 4 members (excludes halogenated alkanes) is 2. The summed E-state index contributed by atoms with van der Waals surface area (Å²) in [4.78, 5) is 0. The summed E-state index contributed by atoms with van der Waals surface area (Å²) in [6.45, 7) is 3.40. The van der Waals surface area contributed by atoms with Gasteiger partial charge in [-0.2, -0.15) is 0 Å². The maximum absolute atomic E-state index is 2.27. The quantitative estimate of drug-likeness (QED) is 0.504. The van der Waals surface area contributed by atoms with Crippen LogP contribution in [0, 0.1) is 0 Å². The molecule has 0 saturated carbocycles. The number of thioether (sulfide) groups is 1. The van der Waals surface area contributed by atoms with Gasteiger partial charge in [-0.1, -0.05) is 13.3 Å². The molecular formula is C10H19N2S+. The van der Waals surface area contributed by atoms with Gasteiger partial charge in [-0.15, -0.1) is 11.8 Å². The van der Waals surface area contributed by atoms with Gasteiger partial charge in [-0.25, -0.2) is 9.13 Å². The van der Waals surface area contributed by atoms with Crippen LogP contribution in [0.25, 0.3) is 0 Å². The third-order valence-corrected chi connectivity index (χ3v) is 2.60. The molecule has 0 amide bonds. The molecule has 0 saturated heterocycles. The van der Waals surface area contributed by atoms with E-state index in [4.69, 9.17) is 0 Å². The second-order valence-electron chi connectivity index (χ2n) is 3.29. The Kier molecular flexibility index (Phi) is 4.98. The SMILES string of the molecule is CCCCCn1cc[n+](CSC)c1. The third-order valence-electron chi connectivity index (χ3n) is 2.04. The first kappa shape index (κ1) is 10.6. The first-order valence-corrected chi connectivity index (χ1v) is 6.30. The summed E-state index contributed by atoms with van der Waals surface area (Å²) in [6.07, 6.45) is 12.5. The molecule has 0 N–H and O–H groups in total. The Labute approximate surface area is 85.0 Å². The summed E-state index contributed by atoms with van der Waals surface area (Å²) in [5.74, 6) is 1.06. The average Bonchev–Trinajstić information content (AvgIpc) is 2.54. The van der Waals surface area contributed by atoms with Crippen LogP contribution in [0.1, 0.15) is 26.2 Å². The van der Waals surface area contributed by atoms with E-state index in [0.29, 0.717) is 0 Å². The van der Waals surface area contributed by atoms with Crippen LogP contribution in [0.5, 0.6) is 0 Å². The summed E-state index contributed by atoms with van der Waals surface area (Å²) >= 11 is 1.85. The average molecular weight is 199 g/mol. The smallest absolute Gasteiger partial charge is 0.237 e. The Balaban J connectivity index is 2.31. The maximum atomic E-state index is 2.27. The van der Waals surface area contributed by atoms with Gasteiger partial charge in [-0.3, -0.25) is 0 Å². The van der Waals surface area contributed by atoms with Gasteiger partial charge in [0.25, 0.3) is 0 Å². The molecular weight excluding hydrogens is 180 g/mol. The highest BCUT2D eigenvalue weighted by Gasteiger charge is 2.01. The Morgan fingerprint density at radius 3 is 2.92 bits per heavy atom. The number of hydrogen-bond donors (Lipinski definition) is 0. The fourth-order valence-electron chi connectivity index (χ4n) is 1.34. The van der Waals surface area contributed by atoms with Crippen molar-refractivity contribution in [3.8, 4) is 0 Å². The van der Waals surface area contributed by atoms with Gasteiger partial charge in [0, 0.05) is 0 Å². The largest absolute Gasteiger partial charge is 0.244 e. The van der Waals surface area contributed by atoms with Gasteiger partial charge >= 0.3 is 0 Å². The molecule has 1 aromatic heterocycles. The predicted molar refractivity (Wildman–Crippen MR) is 57.7 cm³/mol. The van der Waals surface area contributed by atoms with Gasteiger partial charge in [0.1, 0.15) is 18.3 Å². The Bertz CT molecular complexity index is 233. The zero-order chi connectivity index (χ0) is 9.52. The molecule has 0 bridgehead atoms. The van der Waals surface area contributed by atoms with Crippen LogP contribution < -0.4 is 4.57 Å². The molecule has 1 heterocycles. The third kappa shape index (κ3) is 3.85. The van der Waals surface area contributed by atoms with E-state index >= 15 is 0 Å². The normalized spacial score (nSPS) is 10.6. The maximum Gasteiger partial charge on any atom is 0.244 e. The van der Waals surface area contributed by atoms with Crippen LogP contribution >= 0.6 is 11.8 Å². The first-order chi connectivity index (χ1) is 6.36. The zero-order valence-corrected chi connectivity index (χ0v) is 9.39. The minimum Gasteiger partial charge on any atom is -0.237 e. The van der Waals surface area contributed by atoms with Gasteiger partial charge < -0.3 is 0 Å². The lowest BCUT2D eigenvalue weighted by Gasteiger charge is -1.94. The predicted octanol–water partition coefficient (Wildman–Crippen LogP) is 2.29. The number of rotatable bonds is 6. The second kappa shape index (κ2) is 6.08. The lowest BCUT2D eigenvalue weighted by Crippen LogP contribution is -2.28. The van der Waals surface area contributed by atoms with Crippen molar-refractivity contribution >= 4 is 11.8 Å². The van der Waals surface area contributed by atoms with Crippen LogP contribution in [-0.4, -0.2) is 10.8 Å². The molecule has 74 valence electrons. The molecule has 0 aliphatic heterocycles. The standard InChI is InChI=1S/C10H19N2S/c1-3-4-5-6-11-7-8-12(9-11)10-13-2/h7-9H,3-6,10H2,1-2H3/q+1. The van der Waals surface area contributed by atoms with E-state index in [-0.39, 0.29) is 0 Å². The Hall–Kier alpha value is -0.440. The molecule has 13 heavy (non-hydrogen) atoms. The highest BCUT2D eigenvalue weighted by atomic mass is 32.2. The zero-order valence-electron chi connectivity index (χ0n) is 8.57. The van der Waals surface area contributed by atoms with Crippen molar-refractivity contribution in [1.82, 2.24) is 4.57 Å². The van der Waals surface area contributed by atoms with Crippen LogP contribution in [0.15, 0.2) is 18.7 Å². The molecule has 0 fully saturated rings. The first-order valence-electron chi connectivity index (χ1n) is 4.90. The summed E-state index contributed by atoms with van der Waals surface area (Å²) in [5.41, 5.74) is 0. The Morgan fingerprint density at radius 1 is 1.38 bits per heavy atom. The van der Waals surface area contributed by atoms with E-state index in [0.717, 1.165) is 12.4 Å². The van der Waals surface area contributed by atoms with Crippen molar-refractivity contribution in [3.05, 3.63) is 18.7 Å². The van der Waals surface area contributed by atoms with E-state index < -0.39 is 0 Å². The number of hydrogen-bond acceptors (Lipinski definition) is 1. The molecule has 0 radical (unpaired) electrons. The molecule has 0 aliphatic carbocycles. The van der Waals surface area contributed by atoms with Crippen molar-refractivity contribution in [2.75, 3.05) is 6.26 Å². The number of aromatic nitrogens is 2. The van der Waals surface area contributed by atoms with Crippen molar-refractivity contribution in [2.24, 2.45) is 0 Å². The fraction of sp³-hybridized carbons (Fsp3) is 0.700. The van der Waals surface area contributed by atoms with E-state index in [2.05, 4.69) is 41.0 Å². The molecule has 0 spiro atoms. The van der Waals surface area contributed by atoms with Gasteiger partial charge in [0.2, 0.25) is 6.33 Å². The van der Waals surface area contributed by atoms with Crippen molar-refractivity contribution in [1.29, 1.82) is 0 Å².